The van der Waals surface area contributed by atoms with Crippen molar-refractivity contribution in [1.29, 1.82) is 0 Å². The van der Waals surface area contributed by atoms with Crippen LogP contribution < -0.4 is 0 Å². The molecule has 5 heteroatoms. The van der Waals surface area contributed by atoms with Gasteiger partial charge in [-0.15, -0.1) is 0 Å². The van der Waals surface area contributed by atoms with Crippen molar-refractivity contribution >= 4 is 43.6 Å². The van der Waals surface area contributed by atoms with E-state index in [4.69, 9.17) is 9.97 Å². The molecule has 0 radical (unpaired) electrons. The van der Waals surface area contributed by atoms with Crippen LogP contribution in [0.15, 0.2) is 60.7 Å². The summed E-state index contributed by atoms with van der Waals surface area (Å²) < 4.78 is 4.46. The lowest BCUT2D eigenvalue weighted by atomic mass is 10.1. The largest absolute Gasteiger partial charge is 0.344 e. The predicted molar refractivity (Wildman–Crippen MR) is 118 cm³/mol. The second kappa shape index (κ2) is 5.64. The maximum absolute atomic E-state index is 4.70. The van der Waals surface area contributed by atoms with Crippen molar-refractivity contribution in [3.63, 3.8) is 0 Å². The third-order valence-electron chi connectivity index (χ3n) is 5.76. The highest BCUT2D eigenvalue weighted by Crippen LogP contribution is 2.39. The highest BCUT2D eigenvalue weighted by atomic mass is 15.2. The summed E-state index contributed by atoms with van der Waals surface area (Å²) in [7, 11) is 2.13. The molecule has 6 rings (SSSR count). The molecule has 0 aliphatic heterocycles. The van der Waals surface area contributed by atoms with E-state index in [0.717, 1.165) is 22.7 Å². The molecule has 3 heterocycles. The van der Waals surface area contributed by atoms with Crippen LogP contribution in [-0.2, 0) is 7.05 Å². The van der Waals surface area contributed by atoms with Crippen LogP contribution in [0.1, 0.15) is 11.6 Å². The van der Waals surface area contributed by atoms with Gasteiger partial charge in [-0.05, 0) is 32.0 Å². The standard InChI is InChI=1S/C24H19N5/c1-14-25-15(2)27-24(26-14)29-20-11-7-4-8-16(20)17-12-13-21-22(23(17)29)18-9-5-6-10-19(18)28(21)3/h4-13H,1-3H3. The van der Waals surface area contributed by atoms with E-state index in [9.17, 15) is 0 Å². The minimum absolute atomic E-state index is 0.668. The molecule has 0 unspecified atom stereocenters. The van der Waals surface area contributed by atoms with Gasteiger partial charge in [-0.2, -0.15) is 9.97 Å². The van der Waals surface area contributed by atoms with Crippen molar-refractivity contribution in [1.82, 2.24) is 24.1 Å². The third-order valence-corrected chi connectivity index (χ3v) is 5.76. The van der Waals surface area contributed by atoms with Crippen molar-refractivity contribution in [3.05, 3.63) is 72.3 Å². The van der Waals surface area contributed by atoms with E-state index < -0.39 is 0 Å². The van der Waals surface area contributed by atoms with Crippen LogP contribution in [-0.4, -0.2) is 24.1 Å². The first-order valence-electron chi connectivity index (χ1n) is 9.72. The van der Waals surface area contributed by atoms with Crippen LogP contribution in [0.3, 0.4) is 0 Å². The Morgan fingerprint density at radius 2 is 1.28 bits per heavy atom. The molecule has 0 N–H and O–H groups in total. The lowest BCUT2D eigenvalue weighted by molar-refractivity contribution is 0.864. The Morgan fingerprint density at radius 3 is 2.03 bits per heavy atom. The summed E-state index contributed by atoms with van der Waals surface area (Å²) in [5.74, 6) is 2.12. The van der Waals surface area contributed by atoms with Crippen molar-refractivity contribution in [2.45, 2.75) is 13.8 Å². The number of aromatic nitrogens is 5. The minimum atomic E-state index is 0.668. The van der Waals surface area contributed by atoms with E-state index >= 15 is 0 Å². The third kappa shape index (κ3) is 2.12. The summed E-state index contributed by atoms with van der Waals surface area (Å²) in [6, 6.07) is 21.5. The molecule has 0 atom stereocenters. The van der Waals surface area contributed by atoms with Crippen molar-refractivity contribution < 1.29 is 0 Å². The van der Waals surface area contributed by atoms with E-state index in [1.54, 1.807) is 0 Å². The Labute approximate surface area is 167 Å². The molecular weight excluding hydrogens is 358 g/mol. The number of hydrogen-bond acceptors (Lipinski definition) is 3. The van der Waals surface area contributed by atoms with Gasteiger partial charge in [0.25, 0.3) is 0 Å². The highest BCUT2D eigenvalue weighted by Gasteiger charge is 2.20. The lowest BCUT2D eigenvalue weighted by Crippen LogP contribution is -2.06. The Bertz CT molecular complexity index is 1570. The van der Waals surface area contributed by atoms with Gasteiger partial charge >= 0.3 is 0 Å². The minimum Gasteiger partial charge on any atom is -0.344 e. The highest BCUT2D eigenvalue weighted by molar-refractivity contribution is 6.25. The zero-order chi connectivity index (χ0) is 19.7. The summed E-state index contributed by atoms with van der Waals surface area (Å²) in [6.07, 6.45) is 0. The topological polar surface area (TPSA) is 48.5 Å². The smallest absolute Gasteiger partial charge is 0.238 e. The molecule has 140 valence electrons. The van der Waals surface area contributed by atoms with Gasteiger partial charge in [0.2, 0.25) is 5.95 Å². The van der Waals surface area contributed by atoms with Crippen LogP contribution in [0.4, 0.5) is 0 Å². The van der Waals surface area contributed by atoms with Gasteiger partial charge in [-0.3, -0.25) is 4.57 Å². The van der Waals surface area contributed by atoms with Gasteiger partial charge in [0.05, 0.1) is 16.6 Å². The maximum atomic E-state index is 4.70. The fourth-order valence-electron chi connectivity index (χ4n) is 4.61. The molecule has 0 aliphatic rings. The van der Waals surface area contributed by atoms with Gasteiger partial charge in [0.15, 0.2) is 0 Å². The molecular formula is C24H19N5. The number of rotatable bonds is 1. The van der Waals surface area contributed by atoms with E-state index in [1.165, 1.54) is 32.6 Å². The summed E-state index contributed by atoms with van der Waals surface area (Å²) in [5, 5.41) is 4.88. The Balaban J connectivity index is 1.94. The van der Waals surface area contributed by atoms with Crippen LogP contribution in [0, 0.1) is 13.8 Å². The molecule has 6 aromatic rings. The van der Waals surface area contributed by atoms with E-state index in [-0.39, 0.29) is 0 Å². The molecule has 0 saturated heterocycles. The molecule has 0 amide bonds. The maximum Gasteiger partial charge on any atom is 0.238 e. The fourth-order valence-corrected chi connectivity index (χ4v) is 4.61. The number of nitrogens with zero attached hydrogens (tertiary/aromatic N) is 5. The second-order valence-corrected chi connectivity index (χ2v) is 7.51. The quantitative estimate of drug-likeness (QED) is 0.394. The summed E-state index contributed by atoms with van der Waals surface area (Å²) >= 11 is 0. The first-order valence-corrected chi connectivity index (χ1v) is 9.72. The lowest BCUT2D eigenvalue weighted by Gasteiger charge is -2.08. The molecule has 0 bridgehead atoms. The fraction of sp³-hybridized carbons (Fsp3) is 0.125. The van der Waals surface area contributed by atoms with Crippen LogP contribution in [0.5, 0.6) is 0 Å². The van der Waals surface area contributed by atoms with Crippen LogP contribution >= 0.6 is 0 Å². The Kier molecular flexibility index (Phi) is 3.16. The Morgan fingerprint density at radius 1 is 0.621 bits per heavy atom. The molecule has 3 aromatic carbocycles. The summed E-state index contributed by atoms with van der Waals surface area (Å²) in [4.78, 5) is 13.8. The van der Waals surface area contributed by atoms with Gasteiger partial charge in [0.1, 0.15) is 11.6 Å². The average molecular weight is 377 g/mol. The molecule has 5 nitrogen and oxygen atoms in total. The van der Waals surface area contributed by atoms with E-state index in [0.29, 0.717) is 5.95 Å². The van der Waals surface area contributed by atoms with Crippen molar-refractivity contribution in [2.24, 2.45) is 7.05 Å². The van der Waals surface area contributed by atoms with Crippen molar-refractivity contribution in [3.8, 4) is 5.95 Å². The van der Waals surface area contributed by atoms with Gasteiger partial charge < -0.3 is 4.57 Å². The molecule has 0 spiro atoms. The molecule has 3 aromatic heterocycles. The number of benzene rings is 3. The summed E-state index contributed by atoms with van der Waals surface area (Å²) in [5.41, 5.74) is 4.67. The zero-order valence-corrected chi connectivity index (χ0v) is 16.5. The molecule has 0 aliphatic carbocycles. The number of hydrogen-bond donors (Lipinski definition) is 0. The van der Waals surface area contributed by atoms with Gasteiger partial charge in [-0.1, -0.05) is 42.5 Å². The number of aryl methyl sites for hydroxylation is 3. The monoisotopic (exact) mass is 377 g/mol. The number of fused-ring (bicyclic) bond motifs is 7. The average Bonchev–Trinajstić information content (AvgIpc) is 3.20. The van der Waals surface area contributed by atoms with Gasteiger partial charge in [0, 0.05) is 34.1 Å². The second-order valence-electron chi connectivity index (χ2n) is 7.51. The first-order chi connectivity index (χ1) is 14.1. The summed E-state index contributed by atoms with van der Waals surface area (Å²) in [6.45, 7) is 3.83. The predicted octanol–water partition coefficient (Wildman–Crippen LogP) is 5.23. The van der Waals surface area contributed by atoms with E-state index in [2.05, 4.69) is 81.8 Å². The molecule has 29 heavy (non-hydrogen) atoms. The first kappa shape index (κ1) is 16.2. The zero-order valence-electron chi connectivity index (χ0n) is 16.5. The van der Waals surface area contributed by atoms with E-state index in [1.807, 2.05) is 13.8 Å². The number of para-hydroxylation sites is 2. The molecule has 0 fully saturated rings. The normalized spacial score (nSPS) is 12.0. The van der Waals surface area contributed by atoms with Gasteiger partial charge in [-0.25, -0.2) is 4.98 Å². The van der Waals surface area contributed by atoms with Crippen molar-refractivity contribution in [2.75, 3.05) is 0 Å². The Hall–Kier alpha value is -3.73. The SMILES string of the molecule is Cc1nc(C)nc(-n2c3ccccc3c3ccc4c(c5ccccc5n4C)c32)n1. The van der Waals surface area contributed by atoms with Crippen LogP contribution in [0.25, 0.3) is 49.6 Å². The van der Waals surface area contributed by atoms with Crippen LogP contribution in [0.2, 0.25) is 0 Å². The molecule has 0 saturated carbocycles.